The van der Waals surface area contributed by atoms with Gasteiger partial charge >= 0.3 is 0 Å². The molecule has 8 heteroatoms. The average Bonchev–Trinajstić information content (AvgIpc) is 3.32. The number of fused-ring (bicyclic) bond motifs is 1. The molecule has 1 unspecified atom stereocenters. The quantitative estimate of drug-likeness (QED) is 0.745. The summed E-state index contributed by atoms with van der Waals surface area (Å²) < 4.78 is 10.7. The van der Waals surface area contributed by atoms with Gasteiger partial charge in [-0.1, -0.05) is 23.4 Å². The Morgan fingerprint density at radius 2 is 1.89 bits per heavy atom. The summed E-state index contributed by atoms with van der Waals surface area (Å²) in [6.07, 6.45) is 0. The van der Waals surface area contributed by atoms with Crippen molar-refractivity contribution in [3.05, 3.63) is 47.9 Å². The first kappa shape index (κ1) is 18.2. The van der Waals surface area contributed by atoms with Crippen molar-refractivity contribution in [2.45, 2.75) is 19.9 Å². The molecule has 0 aliphatic carbocycles. The van der Waals surface area contributed by atoms with Gasteiger partial charge in [-0.15, -0.1) is 0 Å². The lowest BCUT2D eigenvalue weighted by Gasteiger charge is -2.36. The number of anilines is 1. The first-order chi connectivity index (χ1) is 13.5. The van der Waals surface area contributed by atoms with Crippen molar-refractivity contribution in [2.75, 3.05) is 31.5 Å². The van der Waals surface area contributed by atoms with Gasteiger partial charge in [0.05, 0.1) is 11.7 Å². The second-order valence-corrected chi connectivity index (χ2v) is 6.97. The number of aryl methyl sites for hydroxylation is 1. The summed E-state index contributed by atoms with van der Waals surface area (Å²) in [6, 6.07) is 10.7. The smallest absolute Gasteiger partial charge is 0.289 e. The fourth-order valence-electron chi connectivity index (χ4n) is 3.37. The number of para-hydroxylation sites is 1. The molecular weight excluding hydrogens is 360 g/mol. The van der Waals surface area contributed by atoms with E-state index in [0.717, 1.165) is 5.39 Å². The zero-order valence-corrected chi connectivity index (χ0v) is 15.8. The van der Waals surface area contributed by atoms with Gasteiger partial charge < -0.3 is 13.8 Å². The van der Waals surface area contributed by atoms with Gasteiger partial charge in [0.1, 0.15) is 5.58 Å². The lowest BCUT2D eigenvalue weighted by Crippen LogP contribution is -2.54. The molecule has 1 N–H and O–H groups in total. The Kier molecular flexibility index (Phi) is 4.87. The molecule has 1 aromatic carbocycles. The van der Waals surface area contributed by atoms with Crippen LogP contribution < -0.4 is 5.32 Å². The van der Waals surface area contributed by atoms with Crippen molar-refractivity contribution in [3.8, 4) is 0 Å². The summed E-state index contributed by atoms with van der Waals surface area (Å²) in [6.45, 7) is 5.92. The van der Waals surface area contributed by atoms with Crippen molar-refractivity contribution in [1.82, 2.24) is 15.0 Å². The fraction of sp³-hybridized carbons (Fsp3) is 0.350. The highest BCUT2D eigenvalue weighted by molar-refractivity contribution is 5.96. The lowest BCUT2D eigenvalue weighted by atomic mass is 10.2. The Morgan fingerprint density at radius 3 is 2.57 bits per heavy atom. The summed E-state index contributed by atoms with van der Waals surface area (Å²) in [5, 5.41) is 7.40. The molecule has 0 spiro atoms. The maximum absolute atomic E-state index is 12.7. The van der Waals surface area contributed by atoms with Crippen LogP contribution in [0.4, 0.5) is 5.88 Å². The molecule has 1 aliphatic rings. The zero-order chi connectivity index (χ0) is 19.7. The van der Waals surface area contributed by atoms with Gasteiger partial charge in [-0.25, -0.2) is 0 Å². The molecule has 0 saturated carbocycles. The summed E-state index contributed by atoms with van der Waals surface area (Å²) in [7, 11) is 0. The van der Waals surface area contributed by atoms with Crippen LogP contribution in [0, 0.1) is 6.92 Å². The standard InChI is InChI=1S/C20H22N4O4/c1-13-11-18(28-22-13)21-19(25)14(2)23-7-9-24(10-8-23)20(26)17-12-15-5-3-4-6-16(15)27-17/h3-6,11-12,14H,7-10H2,1-2H3,(H,21,25). The molecule has 1 fully saturated rings. The number of furan rings is 1. The molecule has 4 rings (SSSR count). The highest BCUT2D eigenvalue weighted by atomic mass is 16.5. The van der Waals surface area contributed by atoms with Crippen LogP contribution in [0.3, 0.4) is 0 Å². The number of hydrogen-bond donors (Lipinski definition) is 1. The number of carbonyl (C=O) groups is 2. The van der Waals surface area contributed by atoms with Gasteiger partial charge in [0, 0.05) is 37.6 Å². The number of nitrogens with zero attached hydrogens (tertiary/aromatic N) is 3. The number of benzene rings is 1. The summed E-state index contributed by atoms with van der Waals surface area (Å²) in [5.74, 6) is 0.410. The largest absolute Gasteiger partial charge is 0.451 e. The number of aromatic nitrogens is 1. The third-order valence-electron chi connectivity index (χ3n) is 5.04. The van der Waals surface area contributed by atoms with Gasteiger partial charge in [0.15, 0.2) is 5.76 Å². The minimum atomic E-state index is -0.339. The Balaban J connectivity index is 1.34. The number of amides is 2. The average molecular weight is 382 g/mol. The maximum atomic E-state index is 12.7. The normalized spacial score (nSPS) is 16.3. The van der Waals surface area contributed by atoms with Crippen LogP contribution in [0.15, 0.2) is 45.3 Å². The maximum Gasteiger partial charge on any atom is 0.289 e. The molecule has 0 bridgehead atoms. The van der Waals surface area contributed by atoms with Gasteiger partial charge in [-0.2, -0.15) is 0 Å². The Morgan fingerprint density at radius 1 is 1.14 bits per heavy atom. The van der Waals surface area contributed by atoms with E-state index in [1.165, 1.54) is 0 Å². The van der Waals surface area contributed by atoms with Gasteiger partial charge in [-0.3, -0.25) is 19.8 Å². The first-order valence-corrected chi connectivity index (χ1v) is 9.27. The molecule has 3 heterocycles. The van der Waals surface area contributed by atoms with E-state index in [-0.39, 0.29) is 17.9 Å². The number of piperazine rings is 1. The zero-order valence-electron chi connectivity index (χ0n) is 15.8. The van der Waals surface area contributed by atoms with Crippen LogP contribution in [0.2, 0.25) is 0 Å². The van der Waals surface area contributed by atoms with Crippen LogP contribution >= 0.6 is 0 Å². The second-order valence-electron chi connectivity index (χ2n) is 6.97. The minimum absolute atomic E-state index is 0.120. The molecule has 2 aromatic heterocycles. The molecule has 0 radical (unpaired) electrons. The third kappa shape index (κ3) is 3.63. The van der Waals surface area contributed by atoms with Crippen LogP contribution in [0.1, 0.15) is 23.2 Å². The highest BCUT2D eigenvalue weighted by Gasteiger charge is 2.29. The Hall–Kier alpha value is -3.13. The van der Waals surface area contributed by atoms with E-state index >= 15 is 0 Å². The molecular formula is C20H22N4O4. The molecule has 8 nitrogen and oxygen atoms in total. The predicted molar refractivity (Wildman–Crippen MR) is 103 cm³/mol. The van der Waals surface area contributed by atoms with Gasteiger partial charge in [0.25, 0.3) is 5.91 Å². The van der Waals surface area contributed by atoms with Crippen LogP contribution in [-0.2, 0) is 4.79 Å². The van der Waals surface area contributed by atoms with Crippen molar-refractivity contribution in [2.24, 2.45) is 0 Å². The lowest BCUT2D eigenvalue weighted by molar-refractivity contribution is -0.121. The summed E-state index contributed by atoms with van der Waals surface area (Å²) in [4.78, 5) is 29.0. The fourth-order valence-corrected chi connectivity index (χ4v) is 3.37. The van der Waals surface area contributed by atoms with Crippen molar-refractivity contribution in [3.63, 3.8) is 0 Å². The first-order valence-electron chi connectivity index (χ1n) is 9.27. The number of hydrogen-bond acceptors (Lipinski definition) is 6. The van der Waals surface area contributed by atoms with E-state index in [1.54, 1.807) is 24.0 Å². The third-order valence-corrected chi connectivity index (χ3v) is 5.04. The number of nitrogens with one attached hydrogen (secondary N) is 1. The van der Waals surface area contributed by atoms with Gasteiger partial charge in [-0.05, 0) is 26.0 Å². The molecule has 3 aromatic rings. The van der Waals surface area contributed by atoms with E-state index in [4.69, 9.17) is 8.94 Å². The monoisotopic (exact) mass is 382 g/mol. The molecule has 2 amide bonds. The molecule has 1 aliphatic heterocycles. The number of carbonyl (C=O) groups excluding carboxylic acids is 2. The SMILES string of the molecule is Cc1cc(NC(=O)C(C)N2CCN(C(=O)c3cc4ccccc4o3)CC2)on1. The van der Waals surface area contributed by atoms with Crippen molar-refractivity contribution >= 4 is 28.7 Å². The van der Waals surface area contributed by atoms with E-state index in [0.29, 0.717) is 49.1 Å². The Labute approximate surface area is 162 Å². The summed E-state index contributed by atoms with van der Waals surface area (Å²) in [5.41, 5.74) is 1.41. The van der Waals surface area contributed by atoms with E-state index in [9.17, 15) is 9.59 Å². The number of rotatable bonds is 4. The van der Waals surface area contributed by atoms with Gasteiger partial charge in [0.2, 0.25) is 11.8 Å². The van der Waals surface area contributed by atoms with E-state index < -0.39 is 0 Å². The Bertz CT molecular complexity index is 967. The highest BCUT2D eigenvalue weighted by Crippen LogP contribution is 2.21. The van der Waals surface area contributed by atoms with Crippen molar-refractivity contribution < 1.29 is 18.5 Å². The molecule has 146 valence electrons. The predicted octanol–water partition coefficient (Wildman–Crippen LogP) is 2.51. The van der Waals surface area contributed by atoms with Crippen LogP contribution in [0.5, 0.6) is 0 Å². The van der Waals surface area contributed by atoms with E-state index in [1.807, 2.05) is 36.1 Å². The van der Waals surface area contributed by atoms with Crippen LogP contribution in [-0.4, -0.2) is 59.0 Å². The van der Waals surface area contributed by atoms with Crippen LogP contribution in [0.25, 0.3) is 11.0 Å². The molecule has 1 atom stereocenters. The second kappa shape index (κ2) is 7.47. The topological polar surface area (TPSA) is 91.8 Å². The summed E-state index contributed by atoms with van der Waals surface area (Å²) >= 11 is 0. The molecule has 28 heavy (non-hydrogen) atoms. The van der Waals surface area contributed by atoms with Crippen molar-refractivity contribution in [1.29, 1.82) is 0 Å². The van der Waals surface area contributed by atoms with E-state index in [2.05, 4.69) is 10.5 Å². The minimum Gasteiger partial charge on any atom is -0.451 e. The molecule has 1 saturated heterocycles.